The third-order valence-corrected chi connectivity index (χ3v) is 5.18. The number of nitrogens with zero attached hydrogens (tertiary/aromatic N) is 5. The van der Waals surface area contributed by atoms with E-state index in [0.29, 0.717) is 30.1 Å². The normalized spacial score (nSPS) is 21.9. The predicted molar refractivity (Wildman–Crippen MR) is 99.7 cm³/mol. The zero-order valence-corrected chi connectivity index (χ0v) is 15.0. The molecule has 1 aliphatic carbocycles. The van der Waals surface area contributed by atoms with E-state index in [1.165, 1.54) is 31.3 Å². The molecule has 0 spiro atoms. The summed E-state index contributed by atoms with van der Waals surface area (Å²) >= 11 is 0. The monoisotopic (exact) mass is 383 g/mol. The molecule has 2 aromatic heterocycles. The molecule has 2 aliphatic rings. The summed E-state index contributed by atoms with van der Waals surface area (Å²) in [6.45, 7) is 0.180. The van der Waals surface area contributed by atoms with E-state index in [4.69, 9.17) is 0 Å². The molecule has 3 aromatic rings. The molecule has 144 valence electrons. The van der Waals surface area contributed by atoms with Gasteiger partial charge < -0.3 is 10.2 Å². The Balaban J connectivity index is 1.38. The molecule has 5 rings (SSSR count). The second kappa shape index (κ2) is 6.81. The van der Waals surface area contributed by atoms with Crippen LogP contribution in [0.2, 0.25) is 0 Å². The van der Waals surface area contributed by atoms with Crippen molar-refractivity contribution in [1.29, 1.82) is 0 Å². The van der Waals surface area contributed by atoms with Gasteiger partial charge in [0, 0.05) is 24.1 Å². The minimum Gasteiger partial charge on any atom is -0.331 e. The highest BCUT2D eigenvalue weighted by molar-refractivity contribution is 5.51. The summed E-state index contributed by atoms with van der Waals surface area (Å²) in [6, 6.07) is 7.82. The van der Waals surface area contributed by atoms with Crippen molar-refractivity contribution in [2.24, 2.45) is 0 Å². The van der Waals surface area contributed by atoms with Gasteiger partial charge in [0.25, 0.3) is 0 Å². The molecule has 3 heterocycles. The largest absolute Gasteiger partial charge is 0.331 e. The minimum absolute atomic E-state index is 0.180. The van der Waals surface area contributed by atoms with Crippen LogP contribution in [-0.2, 0) is 0 Å². The van der Waals surface area contributed by atoms with Crippen LogP contribution in [0.3, 0.4) is 0 Å². The summed E-state index contributed by atoms with van der Waals surface area (Å²) in [6.07, 6.45) is 3.07. The third kappa shape index (κ3) is 3.39. The second-order valence-electron chi connectivity index (χ2n) is 7.27. The highest BCUT2D eigenvalue weighted by Crippen LogP contribution is 2.40. The first-order valence-electron chi connectivity index (χ1n) is 9.33. The van der Waals surface area contributed by atoms with Crippen LogP contribution in [0.1, 0.15) is 42.5 Å². The average molecular weight is 383 g/mol. The number of H-pyrrole nitrogens is 1. The fraction of sp³-hybridized carbons (Fsp3) is 0.368. The molecule has 0 bridgehead atoms. The molecule has 1 aromatic carbocycles. The SMILES string of the molecule is Fc1ccc(C2CC(F)CN2c2ncnc(Nc3cc(C4CC4)[nH]n3)n2)cc1. The Morgan fingerprint density at radius 1 is 1.14 bits per heavy atom. The molecular formula is C19H19F2N7. The molecule has 0 amide bonds. The van der Waals surface area contributed by atoms with Crippen LogP contribution >= 0.6 is 0 Å². The number of nitrogens with one attached hydrogen (secondary N) is 2. The maximum Gasteiger partial charge on any atom is 0.233 e. The van der Waals surface area contributed by atoms with E-state index in [1.807, 2.05) is 6.07 Å². The zero-order valence-electron chi connectivity index (χ0n) is 15.0. The van der Waals surface area contributed by atoms with Crippen molar-refractivity contribution >= 4 is 17.7 Å². The van der Waals surface area contributed by atoms with Crippen molar-refractivity contribution in [1.82, 2.24) is 25.1 Å². The van der Waals surface area contributed by atoms with E-state index in [0.717, 1.165) is 11.3 Å². The van der Waals surface area contributed by atoms with Gasteiger partial charge in [-0.25, -0.2) is 18.7 Å². The molecule has 1 saturated heterocycles. The number of aromatic amines is 1. The van der Waals surface area contributed by atoms with E-state index in [2.05, 4.69) is 30.5 Å². The number of halogens is 2. The maximum atomic E-state index is 14.2. The Kier molecular flexibility index (Phi) is 4.14. The summed E-state index contributed by atoms with van der Waals surface area (Å²) < 4.78 is 27.4. The maximum absolute atomic E-state index is 14.2. The van der Waals surface area contributed by atoms with Gasteiger partial charge in [-0.1, -0.05) is 12.1 Å². The highest BCUT2D eigenvalue weighted by atomic mass is 19.1. The highest BCUT2D eigenvalue weighted by Gasteiger charge is 2.35. The summed E-state index contributed by atoms with van der Waals surface area (Å²) in [5.74, 6) is 1.61. The third-order valence-electron chi connectivity index (χ3n) is 5.18. The van der Waals surface area contributed by atoms with Crippen molar-refractivity contribution in [3.63, 3.8) is 0 Å². The quantitative estimate of drug-likeness (QED) is 0.700. The van der Waals surface area contributed by atoms with E-state index in [1.54, 1.807) is 17.0 Å². The van der Waals surface area contributed by atoms with Crippen molar-refractivity contribution in [2.45, 2.75) is 37.4 Å². The van der Waals surface area contributed by atoms with Gasteiger partial charge in [-0.05, 0) is 30.5 Å². The van der Waals surface area contributed by atoms with Crippen LogP contribution in [0, 0.1) is 5.82 Å². The lowest BCUT2D eigenvalue weighted by Gasteiger charge is -2.24. The number of aromatic nitrogens is 5. The van der Waals surface area contributed by atoms with Crippen molar-refractivity contribution in [2.75, 3.05) is 16.8 Å². The Bertz CT molecular complexity index is 970. The van der Waals surface area contributed by atoms with Crippen LogP contribution in [0.4, 0.5) is 26.5 Å². The molecule has 2 fully saturated rings. The van der Waals surface area contributed by atoms with Crippen molar-refractivity contribution in [3.8, 4) is 0 Å². The molecule has 2 atom stereocenters. The number of hydrogen-bond donors (Lipinski definition) is 2. The van der Waals surface area contributed by atoms with E-state index >= 15 is 0 Å². The Hall–Kier alpha value is -3.10. The van der Waals surface area contributed by atoms with Crippen LogP contribution in [0.25, 0.3) is 0 Å². The fourth-order valence-corrected chi connectivity index (χ4v) is 3.61. The van der Waals surface area contributed by atoms with Gasteiger partial charge >= 0.3 is 0 Å². The summed E-state index contributed by atoms with van der Waals surface area (Å²) in [5.41, 5.74) is 1.94. The molecule has 28 heavy (non-hydrogen) atoms. The first-order chi connectivity index (χ1) is 13.7. The molecule has 1 saturated carbocycles. The molecule has 2 N–H and O–H groups in total. The van der Waals surface area contributed by atoms with Gasteiger partial charge in [0.05, 0.1) is 12.6 Å². The summed E-state index contributed by atoms with van der Waals surface area (Å²) in [7, 11) is 0. The van der Waals surface area contributed by atoms with Gasteiger partial charge in [0.1, 0.15) is 18.3 Å². The molecule has 2 unspecified atom stereocenters. The van der Waals surface area contributed by atoms with Crippen LogP contribution in [0.15, 0.2) is 36.7 Å². The number of alkyl halides is 1. The lowest BCUT2D eigenvalue weighted by atomic mass is 10.0. The zero-order chi connectivity index (χ0) is 19.1. The Labute approximate surface area is 160 Å². The van der Waals surface area contributed by atoms with Gasteiger partial charge in [-0.15, -0.1) is 0 Å². The molecule has 1 aliphatic heterocycles. The first kappa shape index (κ1) is 17.0. The number of rotatable bonds is 5. The Morgan fingerprint density at radius 3 is 2.75 bits per heavy atom. The van der Waals surface area contributed by atoms with Gasteiger partial charge in [0.15, 0.2) is 5.82 Å². The van der Waals surface area contributed by atoms with Gasteiger partial charge in [0.2, 0.25) is 11.9 Å². The number of hydrogen-bond acceptors (Lipinski definition) is 6. The summed E-state index contributed by atoms with van der Waals surface area (Å²) in [5, 5.41) is 10.3. The predicted octanol–water partition coefficient (Wildman–Crippen LogP) is 3.64. The van der Waals surface area contributed by atoms with E-state index < -0.39 is 6.17 Å². The average Bonchev–Trinajstić information content (AvgIpc) is 3.32. The standard InChI is InChI=1S/C19H19F2N7/c20-13-5-3-12(4-6-13)16-7-14(21)9-28(16)19-23-10-22-18(25-19)24-17-8-15(26-27-17)11-1-2-11/h3-6,8,10-11,14,16H,1-2,7,9H2,(H2,22,23,24,25,26,27). The molecule has 0 radical (unpaired) electrons. The van der Waals surface area contributed by atoms with E-state index in [9.17, 15) is 8.78 Å². The topological polar surface area (TPSA) is 82.6 Å². The van der Waals surface area contributed by atoms with Gasteiger partial charge in [-0.3, -0.25) is 5.10 Å². The minimum atomic E-state index is -1.00. The molecular weight excluding hydrogens is 364 g/mol. The first-order valence-corrected chi connectivity index (χ1v) is 9.33. The summed E-state index contributed by atoms with van der Waals surface area (Å²) in [4.78, 5) is 14.6. The van der Waals surface area contributed by atoms with Crippen molar-refractivity contribution < 1.29 is 8.78 Å². The van der Waals surface area contributed by atoms with E-state index in [-0.39, 0.29) is 18.4 Å². The number of anilines is 3. The van der Waals surface area contributed by atoms with Gasteiger partial charge in [-0.2, -0.15) is 10.1 Å². The lowest BCUT2D eigenvalue weighted by Crippen LogP contribution is -2.26. The van der Waals surface area contributed by atoms with Crippen LogP contribution in [-0.4, -0.2) is 37.9 Å². The number of benzene rings is 1. The second-order valence-corrected chi connectivity index (χ2v) is 7.27. The molecule has 7 nitrogen and oxygen atoms in total. The lowest BCUT2D eigenvalue weighted by molar-refractivity contribution is 0.357. The van der Waals surface area contributed by atoms with Crippen LogP contribution in [0.5, 0.6) is 0 Å². The van der Waals surface area contributed by atoms with Crippen molar-refractivity contribution in [3.05, 3.63) is 53.7 Å². The van der Waals surface area contributed by atoms with Crippen LogP contribution < -0.4 is 10.2 Å². The Morgan fingerprint density at radius 2 is 1.96 bits per heavy atom. The smallest absolute Gasteiger partial charge is 0.233 e. The molecule has 9 heteroatoms. The fourth-order valence-electron chi connectivity index (χ4n) is 3.61.